The van der Waals surface area contributed by atoms with Crippen LogP contribution < -0.4 is 5.32 Å². The van der Waals surface area contributed by atoms with Crippen LogP contribution in [-0.2, 0) is 14.3 Å². The normalized spacial score (nSPS) is 13.5. The fraction of sp³-hybridized carbons (Fsp3) is 0.154. The first-order valence-electron chi connectivity index (χ1n) is 11.1. The van der Waals surface area contributed by atoms with Crippen molar-refractivity contribution >= 4 is 23.2 Å². The SMILES string of the molecule is COC(=O)C1=C(Nc2cccc(-c3ccnc4c(-c5ccccc5)cnn34)c2)C(=O)N(CCO)C1. The van der Waals surface area contributed by atoms with E-state index in [2.05, 4.69) is 15.4 Å². The predicted molar refractivity (Wildman–Crippen MR) is 130 cm³/mol. The molecule has 0 aliphatic carbocycles. The number of hydrogen-bond acceptors (Lipinski definition) is 7. The van der Waals surface area contributed by atoms with Crippen LogP contribution in [0.2, 0.25) is 0 Å². The lowest BCUT2D eigenvalue weighted by Gasteiger charge is -2.15. The van der Waals surface area contributed by atoms with E-state index in [4.69, 9.17) is 4.74 Å². The van der Waals surface area contributed by atoms with Gasteiger partial charge in [0.15, 0.2) is 5.65 Å². The Morgan fingerprint density at radius 3 is 2.69 bits per heavy atom. The number of aromatic nitrogens is 3. The summed E-state index contributed by atoms with van der Waals surface area (Å²) in [6.07, 6.45) is 3.54. The van der Waals surface area contributed by atoms with Crippen molar-refractivity contribution in [1.82, 2.24) is 19.5 Å². The minimum Gasteiger partial charge on any atom is -0.466 e. The number of aliphatic hydroxyl groups is 1. The van der Waals surface area contributed by atoms with Crippen LogP contribution >= 0.6 is 0 Å². The van der Waals surface area contributed by atoms with E-state index in [1.54, 1.807) is 16.9 Å². The zero-order chi connectivity index (χ0) is 24.4. The summed E-state index contributed by atoms with van der Waals surface area (Å²) in [7, 11) is 1.27. The molecule has 4 aromatic rings. The van der Waals surface area contributed by atoms with Gasteiger partial charge in [0.1, 0.15) is 5.70 Å². The predicted octanol–water partition coefficient (Wildman–Crippen LogP) is 2.74. The molecule has 1 amide bonds. The number of anilines is 1. The van der Waals surface area contributed by atoms with Crippen LogP contribution in [0.3, 0.4) is 0 Å². The maximum Gasteiger partial charge on any atom is 0.337 e. The van der Waals surface area contributed by atoms with Gasteiger partial charge >= 0.3 is 5.97 Å². The largest absolute Gasteiger partial charge is 0.466 e. The number of carbonyl (C=O) groups excluding carboxylic acids is 2. The van der Waals surface area contributed by atoms with Crippen LogP contribution in [0.25, 0.3) is 28.0 Å². The molecule has 0 atom stereocenters. The van der Waals surface area contributed by atoms with E-state index >= 15 is 0 Å². The average Bonchev–Trinajstić information content (AvgIpc) is 3.46. The van der Waals surface area contributed by atoms with Gasteiger partial charge in [-0.2, -0.15) is 5.10 Å². The highest BCUT2D eigenvalue weighted by molar-refractivity contribution is 6.08. The molecule has 35 heavy (non-hydrogen) atoms. The minimum absolute atomic E-state index is 0.0780. The Morgan fingerprint density at radius 1 is 1.11 bits per heavy atom. The lowest BCUT2D eigenvalue weighted by Crippen LogP contribution is -2.31. The second kappa shape index (κ2) is 9.40. The van der Waals surface area contributed by atoms with E-state index in [0.717, 1.165) is 28.0 Å². The second-order valence-corrected chi connectivity index (χ2v) is 7.99. The van der Waals surface area contributed by atoms with Crippen molar-refractivity contribution in [3.05, 3.63) is 84.3 Å². The van der Waals surface area contributed by atoms with Crippen LogP contribution in [0, 0.1) is 0 Å². The Morgan fingerprint density at radius 2 is 1.91 bits per heavy atom. The number of nitrogens with zero attached hydrogens (tertiary/aromatic N) is 4. The fourth-order valence-electron chi connectivity index (χ4n) is 4.18. The van der Waals surface area contributed by atoms with E-state index in [0.29, 0.717) is 5.69 Å². The molecular formula is C26H23N5O4. The molecule has 2 aromatic carbocycles. The Labute approximate surface area is 201 Å². The highest BCUT2D eigenvalue weighted by Gasteiger charge is 2.34. The number of ether oxygens (including phenoxy) is 1. The zero-order valence-electron chi connectivity index (χ0n) is 19.0. The smallest absolute Gasteiger partial charge is 0.337 e. The Bertz CT molecular complexity index is 1440. The lowest BCUT2D eigenvalue weighted by atomic mass is 10.1. The third-order valence-electron chi connectivity index (χ3n) is 5.87. The molecule has 2 aromatic heterocycles. The summed E-state index contributed by atoms with van der Waals surface area (Å²) < 4.78 is 6.64. The molecule has 5 rings (SSSR count). The monoisotopic (exact) mass is 469 g/mol. The molecule has 1 aliphatic rings. The standard InChI is InChI=1S/C26H23N5O4/c1-35-26(34)21-16-30(12-13-32)25(33)23(21)29-19-9-5-8-18(14-19)22-10-11-27-24-20(15-28-31(22)24)17-6-3-2-4-7-17/h2-11,14-15,29,32H,12-13,16H2,1H3. The van der Waals surface area contributed by atoms with Crippen molar-refractivity contribution in [2.45, 2.75) is 0 Å². The third-order valence-corrected chi connectivity index (χ3v) is 5.87. The molecule has 9 heteroatoms. The van der Waals surface area contributed by atoms with Crippen molar-refractivity contribution in [1.29, 1.82) is 0 Å². The van der Waals surface area contributed by atoms with Gasteiger partial charge in [0.05, 0.1) is 37.7 Å². The van der Waals surface area contributed by atoms with Crippen LogP contribution in [0.4, 0.5) is 5.69 Å². The number of benzene rings is 2. The second-order valence-electron chi connectivity index (χ2n) is 7.99. The van der Waals surface area contributed by atoms with Gasteiger partial charge in [0.2, 0.25) is 0 Å². The summed E-state index contributed by atoms with van der Waals surface area (Å²) in [5.74, 6) is -0.950. The van der Waals surface area contributed by atoms with Gasteiger partial charge in [0.25, 0.3) is 5.91 Å². The number of amides is 1. The maximum atomic E-state index is 12.9. The molecule has 0 fully saturated rings. The highest BCUT2D eigenvalue weighted by Crippen LogP contribution is 2.29. The first kappa shape index (κ1) is 22.3. The Balaban J connectivity index is 1.51. The molecule has 176 valence electrons. The number of carbonyl (C=O) groups is 2. The summed E-state index contributed by atoms with van der Waals surface area (Å²) in [5.41, 5.74) is 5.35. The topological polar surface area (TPSA) is 109 Å². The van der Waals surface area contributed by atoms with Gasteiger partial charge < -0.3 is 20.1 Å². The van der Waals surface area contributed by atoms with Crippen LogP contribution in [0.1, 0.15) is 0 Å². The first-order valence-corrected chi connectivity index (χ1v) is 11.1. The summed E-state index contributed by atoms with van der Waals surface area (Å²) in [6, 6.07) is 19.3. The van der Waals surface area contributed by atoms with Gasteiger partial charge in [-0.05, 0) is 23.8 Å². The van der Waals surface area contributed by atoms with Crippen LogP contribution in [0.15, 0.2) is 84.3 Å². The van der Waals surface area contributed by atoms with Gasteiger partial charge in [0, 0.05) is 29.6 Å². The van der Waals surface area contributed by atoms with E-state index in [1.807, 2.05) is 60.7 Å². The summed E-state index contributed by atoms with van der Waals surface area (Å²) in [4.78, 5) is 31.1. The molecule has 9 nitrogen and oxygen atoms in total. The number of aliphatic hydroxyl groups excluding tert-OH is 1. The Hall–Kier alpha value is -4.50. The van der Waals surface area contributed by atoms with Crippen LogP contribution in [0.5, 0.6) is 0 Å². The summed E-state index contributed by atoms with van der Waals surface area (Å²) in [6.45, 7) is 0.00699. The molecule has 2 N–H and O–H groups in total. The molecule has 0 bridgehead atoms. The molecular weight excluding hydrogens is 446 g/mol. The van der Waals surface area contributed by atoms with E-state index in [-0.39, 0.29) is 36.9 Å². The van der Waals surface area contributed by atoms with Crippen LogP contribution in [-0.4, -0.2) is 63.3 Å². The lowest BCUT2D eigenvalue weighted by molar-refractivity contribution is -0.136. The third kappa shape index (κ3) is 4.13. The van der Waals surface area contributed by atoms with Crippen molar-refractivity contribution in [3.8, 4) is 22.4 Å². The van der Waals surface area contributed by atoms with Gasteiger partial charge in [-0.15, -0.1) is 0 Å². The average molecular weight is 470 g/mol. The summed E-state index contributed by atoms with van der Waals surface area (Å²) >= 11 is 0. The molecule has 0 radical (unpaired) electrons. The van der Waals surface area contributed by atoms with Crippen molar-refractivity contribution < 1.29 is 19.4 Å². The number of esters is 1. The fourth-order valence-corrected chi connectivity index (χ4v) is 4.18. The summed E-state index contributed by atoms with van der Waals surface area (Å²) in [5, 5.41) is 16.9. The highest BCUT2D eigenvalue weighted by atomic mass is 16.5. The Kier molecular flexibility index (Phi) is 5.99. The van der Waals surface area contributed by atoms with Crippen molar-refractivity contribution in [2.24, 2.45) is 0 Å². The number of hydrogen-bond donors (Lipinski definition) is 2. The number of β-amino-alcohol motifs (C(OH)–C–C–N with tert-alkyl or cyclic N) is 1. The van der Waals surface area contributed by atoms with E-state index in [9.17, 15) is 14.7 Å². The first-order chi connectivity index (χ1) is 17.1. The van der Waals surface area contributed by atoms with Gasteiger partial charge in [-0.1, -0.05) is 42.5 Å². The number of rotatable bonds is 7. The van der Waals surface area contributed by atoms with Crippen molar-refractivity contribution in [3.63, 3.8) is 0 Å². The number of fused-ring (bicyclic) bond motifs is 1. The quantitative estimate of drug-likeness (QED) is 0.401. The van der Waals surface area contributed by atoms with E-state index in [1.165, 1.54) is 12.0 Å². The number of methoxy groups -OCH3 is 1. The van der Waals surface area contributed by atoms with Crippen molar-refractivity contribution in [2.75, 3.05) is 32.1 Å². The van der Waals surface area contributed by atoms with Gasteiger partial charge in [-0.3, -0.25) is 4.79 Å². The molecule has 0 spiro atoms. The van der Waals surface area contributed by atoms with Gasteiger partial charge in [-0.25, -0.2) is 14.3 Å². The molecule has 0 unspecified atom stereocenters. The zero-order valence-corrected chi connectivity index (χ0v) is 19.0. The maximum absolute atomic E-state index is 12.9. The molecule has 0 saturated carbocycles. The molecule has 0 saturated heterocycles. The minimum atomic E-state index is -0.585. The number of nitrogens with one attached hydrogen (secondary N) is 1. The molecule has 1 aliphatic heterocycles. The molecule has 3 heterocycles. The van der Waals surface area contributed by atoms with E-state index < -0.39 is 5.97 Å².